The third kappa shape index (κ3) is 0.878. The highest BCUT2D eigenvalue weighted by atomic mass is 15.2. The number of nitrogens with one attached hydrogen (secondary N) is 1. The first-order valence-electron chi connectivity index (χ1n) is 3.86. The molecule has 2 heterocycles. The minimum atomic E-state index is 0.528. The molecule has 0 fully saturated rings. The van der Waals surface area contributed by atoms with Gasteiger partial charge in [-0.3, -0.25) is 5.10 Å². The average molecular weight is 149 g/mol. The molecule has 0 bridgehead atoms. The van der Waals surface area contributed by atoms with Gasteiger partial charge in [-0.15, -0.1) is 0 Å². The normalized spacial score (nSPS) is 28.5. The molecule has 0 aromatic carbocycles. The zero-order valence-corrected chi connectivity index (χ0v) is 6.70. The first kappa shape index (κ1) is 6.58. The van der Waals surface area contributed by atoms with Crippen LogP contribution in [-0.2, 0) is 0 Å². The van der Waals surface area contributed by atoms with Crippen LogP contribution in [-0.4, -0.2) is 16.4 Å². The smallest absolute Gasteiger partial charge is 0.150 e. The highest BCUT2D eigenvalue weighted by Gasteiger charge is 2.20. The van der Waals surface area contributed by atoms with E-state index in [1.54, 1.807) is 0 Å². The highest BCUT2D eigenvalue weighted by Crippen LogP contribution is 2.32. The third-order valence-electron chi connectivity index (χ3n) is 2.37. The molecule has 0 aliphatic carbocycles. The van der Waals surface area contributed by atoms with E-state index in [0.29, 0.717) is 11.8 Å². The largest absolute Gasteiger partial charge is 0.261 e. The fraction of sp³-hybridized carbons (Fsp3) is 0.500. The van der Waals surface area contributed by atoms with Crippen molar-refractivity contribution in [1.29, 1.82) is 0 Å². The van der Waals surface area contributed by atoms with E-state index in [9.17, 15) is 0 Å². The number of fused-ring (bicyclic) bond motifs is 1. The van der Waals surface area contributed by atoms with Crippen LogP contribution in [0.3, 0.4) is 0 Å². The van der Waals surface area contributed by atoms with Gasteiger partial charge in [0.1, 0.15) is 0 Å². The van der Waals surface area contributed by atoms with Crippen LogP contribution in [0, 0.1) is 5.92 Å². The van der Waals surface area contributed by atoms with Crippen LogP contribution in [0.4, 0.5) is 5.82 Å². The van der Waals surface area contributed by atoms with E-state index in [1.807, 2.05) is 12.4 Å². The molecule has 3 nitrogen and oxygen atoms in total. The summed E-state index contributed by atoms with van der Waals surface area (Å²) in [6.07, 6.45) is 3.85. The molecule has 1 aliphatic rings. The molecule has 2 rings (SSSR count). The van der Waals surface area contributed by atoms with Crippen molar-refractivity contribution in [2.75, 3.05) is 0 Å². The number of aromatic nitrogens is 2. The molecule has 11 heavy (non-hydrogen) atoms. The summed E-state index contributed by atoms with van der Waals surface area (Å²) in [5.41, 5.74) is 1.24. The summed E-state index contributed by atoms with van der Waals surface area (Å²) < 4.78 is 0. The maximum Gasteiger partial charge on any atom is 0.150 e. The summed E-state index contributed by atoms with van der Waals surface area (Å²) in [7, 11) is 0. The van der Waals surface area contributed by atoms with Crippen molar-refractivity contribution in [1.82, 2.24) is 10.2 Å². The lowest BCUT2D eigenvalue weighted by atomic mass is 9.89. The lowest BCUT2D eigenvalue weighted by Gasteiger charge is -2.18. The van der Waals surface area contributed by atoms with Gasteiger partial charge in [0, 0.05) is 11.8 Å². The van der Waals surface area contributed by atoms with Crippen molar-refractivity contribution in [2.24, 2.45) is 10.9 Å². The van der Waals surface area contributed by atoms with Crippen molar-refractivity contribution < 1.29 is 0 Å². The van der Waals surface area contributed by atoms with E-state index in [0.717, 1.165) is 5.82 Å². The number of H-pyrrole nitrogens is 1. The van der Waals surface area contributed by atoms with E-state index in [-0.39, 0.29) is 0 Å². The van der Waals surface area contributed by atoms with Gasteiger partial charge in [-0.05, 0) is 11.8 Å². The Labute approximate surface area is 65.5 Å². The van der Waals surface area contributed by atoms with Crippen LogP contribution < -0.4 is 0 Å². The summed E-state index contributed by atoms with van der Waals surface area (Å²) >= 11 is 0. The predicted octanol–water partition coefficient (Wildman–Crippen LogP) is 1.87. The summed E-state index contributed by atoms with van der Waals surface area (Å²) in [4.78, 5) is 4.24. The number of hydrogen-bond acceptors (Lipinski definition) is 2. The van der Waals surface area contributed by atoms with Crippen molar-refractivity contribution in [3.05, 3.63) is 11.8 Å². The fourth-order valence-corrected chi connectivity index (χ4v) is 1.33. The van der Waals surface area contributed by atoms with E-state index < -0.39 is 0 Å². The number of nitrogens with zero attached hydrogens (tertiary/aromatic N) is 2. The zero-order valence-electron chi connectivity index (χ0n) is 6.70. The summed E-state index contributed by atoms with van der Waals surface area (Å²) in [6.45, 7) is 4.37. The van der Waals surface area contributed by atoms with Crippen LogP contribution in [0.25, 0.3) is 0 Å². The monoisotopic (exact) mass is 149 g/mol. The molecule has 0 saturated heterocycles. The Kier molecular flexibility index (Phi) is 1.31. The molecule has 58 valence electrons. The third-order valence-corrected chi connectivity index (χ3v) is 2.37. The second-order valence-corrected chi connectivity index (χ2v) is 3.10. The van der Waals surface area contributed by atoms with Gasteiger partial charge in [-0.2, -0.15) is 5.10 Å². The van der Waals surface area contributed by atoms with E-state index >= 15 is 0 Å². The molecule has 2 atom stereocenters. The molecule has 3 heteroatoms. The van der Waals surface area contributed by atoms with E-state index in [2.05, 4.69) is 29.0 Å². The Balaban J connectivity index is 2.48. The molecule has 0 amide bonds. The molecule has 1 aromatic heterocycles. The summed E-state index contributed by atoms with van der Waals surface area (Å²) in [5.74, 6) is 2.00. The molecule has 2 unspecified atom stereocenters. The Morgan fingerprint density at radius 2 is 2.27 bits per heavy atom. The topological polar surface area (TPSA) is 41.0 Å². The highest BCUT2D eigenvalue weighted by molar-refractivity contribution is 5.70. The fourth-order valence-electron chi connectivity index (χ4n) is 1.33. The Bertz CT molecular complexity index is 287. The van der Waals surface area contributed by atoms with Gasteiger partial charge in [-0.25, -0.2) is 4.99 Å². The lowest BCUT2D eigenvalue weighted by Crippen LogP contribution is -2.10. The molecule has 1 aliphatic heterocycles. The van der Waals surface area contributed by atoms with Gasteiger partial charge in [0.05, 0.1) is 6.20 Å². The van der Waals surface area contributed by atoms with Gasteiger partial charge in [0.15, 0.2) is 5.82 Å². The van der Waals surface area contributed by atoms with Crippen molar-refractivity contribution in [3.8, 4) is 0 Å². The van der Waals surface area contributed by atoms with Crippen LogP contribution in [0.5, 0.6) is 0 Å². The number of hydrogen-bond donors (Lipinski definition) is 1. The average Bonchev–Trinajstić information content (AvgIpc) is 2.45. The van der Waals surface area contributed by atoms with Crippen LogP contribution in [0.2, 0.25) is 0 Å². The van der Waals surface area contributed by atoms with Gasteiger partial charge in [-0.1, -0.05) is 13.8 Å². The van der Waals surface area contributed by atoms with E-state index in [1.165, 1.54) is 5.56 Å². The Morgan fingerprint density at radius 1 is 1.45 bits per heavy atom. The quantitative estimate of drug-likeness (QED) is 0.601. The van der Waals surface area contributed by atoms with Crippen molar-refractivity contribution >= 4 is 12.0 Å². The minimum Gasteiger partial charge on any atom is -0.261 e. The molecular formula is C8H11N3. The van der Waals surface area contributed by atoms with Crippen LogP contribution in [0.1, 0.15) is 25.3 Å². The molecule has 0 saturated carbocycles. The zero-order chi connectivity index (χ0) is 7.84. The first-order valence-corrected chi connectivity index (χ1v) is 3.86. The predicted molar refractivity (Wildman–Crippen MR) is 44.3 cm³/mol. The van der Waals surface area contributed by atoms with Crippen molar-refractivity contribution in [2.45, 2.75) is 19.8 Å². The standard InChI is InChI=1S/C8H11N3/c1-5-3-9-8-7(6(5)2)4-10-11-8/h3-6H,1-2H3,(H,10,11). The van der Waals surface area contributed by atoms with Crippen LogP contribution in [0.15, 0.2) is 11.2 Å². The SMILES string of the molecule is CC1C=Nc2[nH]ncc2C1C. The molecule has 0 spiro atoms. The number of aliphatic imine (C=N–C) groups is 1. The van der Waals surface area contributed by atoms with Crippen molar-refractivity contribution in [3.63, 3.8) is 0 Å². The minimum absolute atomic E-state index is 0.528. The summed E-state index contributed by atoms with van der Waals surface area (Å²) in [6, 6.07) is 0. The van der Waals surface area contributed by atoms with Crippen LogP contribution >= 0.6 is 0 Å². The summed E-state index contributed by atoms with van der Waals surface area (Å²) in [5, 5.41) is 6.81. The Hall–Kier alpha value is -1.12. The second-order valence-electron chi connectivity index (χ2n) is 3.10. The molecule has 0 radical (unpaired) electrons. The van der Waals surface area contributed by atoms with Gasteiger partial charge in [0.25, 0.3) is 0 Å². The maximum atomic E-state index is 4.24. The first-order chi connectivity index (χ1) is 5.29. The Morgan fingerprint density at radius 3 is 3.09 bits per heavy atom. The van der Waals surface area contributed by atoms with Gasteiger partial charge >= 0.3 is 0 Å². The maximum absolute atomic E-state index is 4.24. The second kappa shape index (κ2) is 2.19. The number of aromatic amines is 1. The molecular weight excluding hydrogens is 138 g/mol. The number of rotatable bonds is 0. The van der Waals surface area contributed by atoms with Gasteiger partial charge in [0.2, 0.25) is 0 Å². The van der Waals surface area contributed by atoms with E-state index in [4.69, 9.17) is 0 Å². The molecule has 1 aromatic rings. The van der Waals surface area contributed by atoms with Gasteiger partial charge < -0.3 is 0 Å². The lowest BCUT2D eigenvalue weighted by molar-refractivity contribution is 0.626. The molecule has 1 N–H and O–H groups in total.